The van der Waals surface area contributed by atoms with E-state index in [1.807, 2.05) is 6.92 Å². The number of piperazine rings is 1. The third-order valence-electron chi connectivity index (χ3n) is 3.96. The molecule has 1 aliphatic heterocycles. The molecule has 122 valence electrons. The van der Waals surface area contributed by atoms with E-state index in [9.17, 15) is 9.18 Å². The van der Waals surface area contributed by atoms with Crippen molar-refractivity contribution in [2.45, 2.75) is 13.0 Å². The van der Waals surface area contributed by atoms with Crippen molar-refractivity contribution < 1.29 is 9.18 Å². The fraction of sp³-hybridized carbons (Fsp3) is 0.333. The summed E-state index contributed by atoms with van der Waals surface area (Å²) in [5, 5.41) is 1.91. The Hall–Kier alpha value is -1.18. The number of benzene rings is 1. The van der Waals surface area contributed by atoms with Crippen LogP contribution in [0.25, 0.3) is 10.9 Å². The number of anilines is 1. The molecule has 1 atom stereocenters. The van der Waals surface area contributed by atoms with Crippen molar-refractivity contribution in [1.29, 1.82) is 0 Å². The molecule has 23 heavy (non-hydrogen) atoms. The highest BCUT2D eigenvalue weighted by Gasteiger charge is 2.29. The van der Waals surface area contributed by atoms with E-state index in [1.165, 1.54) is 17.6 Å². The number of nitrogens with zero attached hydrogens (tertiary/aromatic N) is 3. The Kier molecular flexibility index (Phi) is 4.62. The Balaban J connectivity index is 1.96. The largest absolute Gasteiger partial charge is 0.355 e. The van der Waals surface area contributed by atoms with Gasteiger partial charge in [0.1, 0.15) is 10.5 Å². The summed E-state index contributed by atoms with van der Waals surface area (Å²) < 4.78 is 18.8. The van der Waals surface area contributed by atoms with Crippen LogP contribution in [0.2, 0.25) is 5.02 Å². The van der Waals surface area contributed by atoms with Crippen molar-refractivity contribution in [3.63, 3.8) is 0 Å². The van der Waals surface area contributed by atoms with Gasteiger partial charge >= 0.3 is 0 Å². The van der Waals surface area contributed by atoms with Gasteiger partial charge in [-0.3, -0.25) is 4.79 Å². The molecule has 1 aromatic carbocycles. The Labute approximate surface area is 150 Å². The Morgan fingerprint density at radius 3 is 3.00 bits per heavy atom. The lowest BCUT2D eigenvalue weighted by atomic mass is 10.1. The molecule has 0 unspecified atom stereocenters. The first-order valence-electron chi connectivity index (χ1n) is 7.05. The van der Waals surface area contributed by atoms with Crippen LogP contribution in [0.15, 0.2) is 23.2 Å². The second-order valence-corrected chi connectivity index (χ2v) is 7.35. The van der Waals surface area contributed by atoms with Crippen LogP contribution < -0.4 is 4.90 Å². The number of aromatic nitrogens is 1. The van der Waals surface area contributed by atoms with Gasteiger partial charge in [0.15, 0.2) is 5.82 Å². The predicted molar refractivity (Wildman–Crippen MR) is 95.9 cm³/mol. The predicted octanol–water partition coefficient (Wildman–Crippen LogP) is 4.07. The van der Waals surface area contributed by atoms with Gasteiger partial charge in [0, 0.05) is 31.1 Å². The molecule has 1 aliphatic rings. The van der Waals surface area contributed by atoms with Crippen molar-refractivity contribution >= 4 is 60.9 Å². The van der Waals surface area contributed by atoms with Crippen LogP contribution in [0.1, 0.15) is 6.92 Å². The number of amides is 1. The van der Waals surface area contributed by atoms with Crippen LogP contribution in [-0.2, 0) is 4.79 Å². The minimum Gasteiger partial charge on any atom is -0.355 e. The van der Waals surface area contributed by atoms with Gasteiger partial charge in [-0.2, -0.15) is 4.37 Å². The maximum atomic E-state index is 14.3. The summed E-state index contributed by atoms with van der Waals surface area (Å²) >= 11 is 10.5. The minimum atomic E-state index is -0.442. The normalized spacial score (nSPS) is 18.5. The van der Waals surface area contributed by atoms with Gasteiger partial charge in [-0.15, -0.1) is 0 Å². The summed E-state index contributed by atoms with van der Waals surface area (Å²) in [7, 11) is 0. The highest BCUT2D eigenvalue weighted by molar-refractivity contribution is 9.10. The van der Waals surface area contributed by atoms with Crippen molar-refractivity contribution in [2.24, 2.45) is 0 Å². The summed E-state index contributed by atoms with van der Waals surface area (Å²) in [4.78, 5) is 15.7. The second kappa shape index (κ2) is 6.37. The summed E-state index contributed by atoms with van der Waals surface area (Å²) in [6.45, 7) is 7.41. The van der Waals surface area contributed by atoms with Gasteiger partial charge in [0.25, 0.3) is 0 Å². The molecule has 3 rings (SSSR count). The molecule has 1 fully saturated rings. The lowest BCUT2D eigenvalue weighted by molar-refractivity contribution is -0.126. The van der Waals surface area contributed by atoms with Gasteiger partial charge in [-0.25, -0.2) is 4.39 Å². The van der Waals surface area contributed by atoms with Crippen LogP contribution >= 0.6 is 39.1 Å². The molecule has 1 saturated heterocycles. The number of hydrogen-bond acceptors (Lipinski definition) is 4. The summed E-state index contributed by atoms with van der Waals surface area (Å²) in [5.74, 6) is -0.508. The highest BCUT2D eigenvalue weighted by atomic mass is 79.9. The lowest BCUT2D eigenvalue weighted by Crippen LogP contribution is -2.53. The highest BCUT2D eigenvalue weighted by Crippen LogP contribution is 2.39. The number of fused-ring (bicyclic) bond motifs is 1. The van der Waals surface area contributed by atoms with Crippen LogP contribution in [-0.4, -0.2) is 40.9 Å². The smallest absolute Gasteiger partial charge is 0.246 e. The monoisotopic (exact) mass is 417 g/mol. The average Bonchev–Trinajstić information content (AvgIpc) is 2.95. The first-order valence-corrected chi connectivity index (χ1v) is 8.99. The van der Waals surface area contributed by atoms with Crippen molar-refractivity contribution in [2.75, 3.05) is 24.5 Å². The summed E-state index contributed by atoms with van der Waals surface area (Å²) in [6, 6.07) is 1.83. The number of rotatable bonds is 2. The van der Waals surface area contributed by atoms with Gasteiger partial charge < -0.3 is 9.80 Å². The third-order valence-corrected chi connectivity index (χ3v) is 6.17. The summed E-state index contributed by atoms with van der Waals surface area (Å²) in [5.41, 5.74) is 0.318. The molecule has 2 aromatic rings. The first kappa shape index (κ1) is 16.7. The molecular formula is C15H14BrClFN3OS. The van der Waals surface area contributed by atoms with E-state index >= 15 is 0 Å². The molecule has 0 N–H and O–H groups in total. The van der Waals surface area contributed by atoms with Crippen LogP contribution in [0.4, 0.5) is 9.39 Å². The zero-order chi connectivity index (χ0) is 16.7. The van der Waals surface area contributed by atoms with E-state index in [0.717, 1.165) is 5.00 Å². The average molecular weight is 419 g/mol. The van der Waals surface area contributed by atoms with Gasteiger partial charge in [-0.05, 0) is 46.5 Å². The number of hydrogen-bond donors (Lipinski definition) is 0. The van der Waals surface area contributed by atoms with E-state index in [2.05, 4.69) is 31.8 Å². The minimum absolute atomic E-state index is 0.0660. The van der Waals surface area contributed by atoms with Gasteiger partial charge in [-0.1, -0.05) is 18.2 Å². The SMILES string of the molecule is C=CC(=O)N1CCN(c2snc3c(F)c(Br)c(Cl)cc23)[C@@H](C)C1. The molecule has 0 saturated carbocycles. The zero-order valence-electron chi connectivity index (χ0n) is 12.4. The summed E-state index contributed by atoms with van der Waals surface area (Å²) in [6.07, 6.45) is 1.33. The van der Waals surface area contributed by atoms with Crippen molar-refractivity contribution in [3.8, 4) is 0 Å². The molecule has 0 spiro atoms. The maximum Gasteiger partial charge on any atom is 0.246 e. The fourth-order valence-corrected chi connectivity index (χ4v) is 4.25. The van der Waals surface area contributed by atoms with E-state index in [1.54, 1.807) is 11.0 Å². The van der Waals surface area contributed by atoms with Crippen molar-refractivity contribution in [3.05, 3.63) is 34.0 Å². The molecular weight excluding hydrogens is 405 g/mol. The molecule has 2 heterocycles. The fourth-order valence-electron chi connectivity index (χ4n) is 2.77. The molecule has 4 nitrogen and oxygen atoms in total. The molecule has 0 bridgehead atoms. The van der Waals surface area contributed by atoms with Gasteiger partial charge in [0.05, 0.1) is 9.50 Å². The lowest BCUT2D eigenvalue weighted by Gasteiger charge is -2.40. The van der Waals surface area contributed by atoms with E-state index in [0.29, 0.717) is 35.6 Å². The van der Waals surface area contributed by atoms with Crippen molar-refractivity contribution in [1.82, 2.24) is 9.27 Å². The topological polar surface area (TPSA) is 36.4 Å². The van der Waals surface area contributed by atoms with Crippen LogP contribution in [0.5, 0.6) is 0 Å². The second-order valence-electron chi connectivity index (χ2n) is 5.40. The Morgan fingerprint density at radius 2 is 2.35 bits per heavy atom. The first-order chi connectivity index (χ1) is 10.9. The Bertz CT molecular complexity index is 797. The molecule has 1 amide bonds. The molecule has 0 aliphatic carbocycles. The van der Waals surface area contributed by atoms with E-state index < -0.39 is 5.82 Å². The zero-order valence-corrected chi connectivity index (χ0v) is 15.5. The molecule has 1 aromatic heterocycles. The standard InChI is InChI=1S/C15H14BrClFN3OS/c1-3-11(22)20-4-5-21(8(2)7-20)15-9-6-10(17)12(16)13(18)14(9)19-23-15/h3,6,8H,1,4-5,7H2,2H3/t8-/m0/s1. The number of halogens is 3. The quantitative estimate of drug-likeness (QED) is 0.545. The van der Waals surface area contributed by atoms with E-state index in [4.69, 9.17) is 11.6 Å². The van der Waals surface area contributed by atoms with Crippen LogP contribution in [0, 0.1) is 5.82 Å². The van der Waals surface area contributed by atoms with Gasteiger partial charge in [0.2, 0.25) is 5.91 Å². The number of carbonyl (C=O) groups excluding carboxylic acids is 1. The van der Waals surface area contributed by atoms with E-state index in [-0.39, 0.29) is 16.4 Å². The number of carbonyl (C=O) groups is 1. The van der Waals surface area contributed by atoms with Crippen LogP contribution in [0.3, 0.4) is 0 Å². The Morgan fingerprint density at radius 1 is 1.61 bits per heavy atom. The molecule has 8 heteroatoms. The third kappa shape index (κ3) is 2.86. The molecule has 0 radical (unpaired) electrons. The maximum absolute atomic E-state index is 14.3.